The van der Waals surface area contributed by atoms with Crippen molar-refractivity contribution in [2.24, 2.45) is 0 Å². The van der Waals surface area contributed by atoms with Gasteiger partial charge in [0.15, 0.2) is 0 Å². The van der Waals surface area contributed by atoms with Crippen LogP contribution in [0.5, 0.6) is 5.75 Å². The van der Waals surface area contributed by atoms with E-state index in [1.165, 1.54) is 12.1 Å². The third-order valence-corrected chi connectivity index (χ3v) is 5.74. The summed E-state index contributed by atoms with van der Waals surface area (Å²) >= 11 is 0. The van der Waals surface area contributed by atoms with Crippen LogP contribution in [0.15, 0.2) is 78.9 Å². The van der Waals surface area contributed by atoms with Crippen molar-refractivity contribution in [3.8, 4) is 5.75 Å². The van der Waals surface area contributed by atoms with Crippen LogP contribution in [-0.2, 0) is 12.8 Å². The number of benzene rings is 3. The van der Waals surface area contributed by atoms with Gasteiger partial charge in [-0.1, -0.05) is 60.7 Å². The molecule has 1 saturated heterocycles. The summed E-state index contributed by atoms with van der Waals surface area (Å²) in [5.74, 6) is 0.693. The Morgan fingerprint density at radius 2 is 1.56 bits per heavy atom. The summed E-state index contributed by atoms with van der Waals surface area (Å²) in [5.41, 5.74) is 1.60. The fourth-order valence-electron chi connectivity index (χ4n) is 4.19. The minimum Gasteiger partial charge on any atom is -0.489 e. The summed E-state index contributed by atoms with van der Waals surface area (Å²) in [5, 5.41) is 3.34. The number of hydrogen-bond acceptors (Lipinski definition) is 3. The zero-order valence-corrected chi connectivity index (χ0v) is 17.8. The number of rotatable bonds is 6. The molecule has 0 bridgehead atoms. The summed E-state index contributed by atoms with van der Waals surface area (Å²) in [6, 6.07) is 22.8. The first-order chi connectivity index (χ1) is 15.5. The Balaban J connectivity index is 1.63. The van der Waals surface area contributed by atoms with E-state index in [0.29, 0.717) is 24.5 Å². The predicted molar refractivity (Wildman–Crippen MR) is 120 cm³/mol. The number of ether oxygens (including phenoxy) is 1. The van der Waals surface area contributed by atoms with Crippen LogP contribution in [0.1, 0.15) is 34.7 Å². The third-order valence-electron chi connectivity index (χ3n) is 5.74. The maximum absolute atomic E-state index is 13.8. The van der Waals surface area contributed by atoms with Crippen molar-refractivity contribution in [3.63, 3.8) is 0 Å². The molecule has 0 aliphatic carbocycles. The normalized spacial score (nSPS) is 16.3. The van der Waals surface area contributed by atoms with Crippen molar-refractivity contribution in [2.75, 3.05) is 26.2 Å². The minimum atomic E-state index is -4.41. The lowest BCUT2D eigenvalue weighted by Gasteiger charge is -2.33. The SMILES string of the molecule is FC(F)(F)c1ccccc1C(c1ccc(OCc2ccccc2)cc1)N1CCCNCC1. The standard InChI is InChI=1S/C26H27F3N2O/c27-26(28,29)24-10-5-4-9-23(24)25(31-17-6-15-30-16-18-31)21-11-13-22(14-12-21)32-19-20-7-2-1-3-8-20/h1-5,7-14,25,30H,6,15-19H2. The lowest BCUT2D eigenvalue weighted by atomic mass is 9.92. The molecule has 1 heterocycles. The summed E-state index contributed by atoms with van der Waals surface area (Å²) < 4.78 is 47.4. The Morgan fingerprint density at radius 1 is 0.844 bits per heavy atom. The highest BCUT2D eigenvalue weighted by molar-refractivity contribution is 5.41. The molecule has 0 amide bonds. The van der Waals surface area contributed by atoms with Crippen LogP contribution >= 0.6 is 0 Å². The number of nitrogens with one attached hydrogen (secondary N) is 1. The summed E-state index contributed by atoms with van der Waals surface area (Å²) in [4.78, 5) is 2.14. The van der Waals surface area contributed by atoms with Crippen molar-refractivity contribution in [1.29, 1.82) is 0 Å². The van der Waals surface area contributed by atoms with E-state index in [2.05, 4.69) is 10.2 Å². The van der Waals surface area contributed by atoms with Gasteiger partial charge in [-0.25, -0.2) is 0 Å². The Bertz CT molecular complexity index is 982. The maximum Gasteiger partial charge on any atom is 0.416 e. The highest BCUT2D eigenvalue weighted by Gasteiger charge is 2.37. The van der Waals surface area contributed by atoms with Crippen LogP contribution in [0.3, 0.4) is 0 Å². The quantitative estimate of drug-likeness (QED) is 0.535. The molecule has 3 aromatic carbocycles. The molecular weight excluding hydrogens is 413 g/mol. The van der Waals surface area contributed by atoms with Gasteiger partial charge in [0.25, 0.3) is 0 Å². The summed E-state index contributed by atoms with van der Waals surface area (Å²) in [6.45, 7) is 3.48. The number of nitrogens with zero attached hydrogens (tertiary/aromatic N) is 1. The highest BCUT2D eigenvalue weighted by atomic mass is 19.4. The van der Waals surface area contributed by atoms with Gasteiger partial charge < -0.3 is 10.1 Å². The van der Waals surface area contributed by atoms with E-state index in [1.807, 2.05) is 54.6 Å². The molecule has 0 saturated carbocycles. The van der Waals surface area contributed by atoms with Crippen LogP contribution in [0.25, 0.3) is 0 Å². The van der Waals surface area contributed by atoms with Gasteiger partial charge in [-0.05, 0) is 47.9 Å². The van der Waals surface area contributed by atoms with Crippen LogP contribution < -0.4 is 10.1 Å². The predicted octanol–water partition coefficient (Wildman–Crippen LogP) is 5.67. The fraction of sp³-hybridized carbons (Fsp3) is 0.308. The molecule has 1 N–H and O–H groups in total. The molecule has 1 unspecified atom stereocenters. The van der Waals surface area contributed by atoms with Gasteiger partial charge in [-0.3, -0.25) is 4.90 Å². The van der Waals surface area contributed by atoms with Gasteiger partial charge in [0, 0.05) is 19.6 Å². The number of alkyl halides is 3. The molecule has 1 fully saturated rings. The van der Waals surface area contributed by atoms with Crippen molar-refractivity contribution in [3.05, 3.63) is 101 Å². The molecule has 3 nitrogen and oxygen atoms in total. The van der Waals surface area contributed by atoms with Crippen molar-refractivity contribution < 1.29 is 17.9 Å². The van der Waals surface area contributed by atoms with Gasteiger partial charge >= 0.3 is 6.18 Å². The minimum absolute atomic E-state index is 0.292. The zero-order valence-electron chi connectivity index (χ0n) is 17.8. The van der Waals surface area contributed by atoms with Crippen molar-refractivity contribution in [1.82, 2.24) is 10.2 Å². The summed E-state index contributed by atoms with van der Waals surface area (Å²) in [7, 11) is 0. The number of halogens is 3. The van der Waals surface area contributed by atoms with Crippen molar-refractivity contribution in [2.45, 2.75) is 25.2 Å². The second-order valence-corrected chi connectivity index (χ2v) is 7.97. The molecular formula is C26H27F3N2O. The van der Waals surface area contributed by atoms with Crippen LogP contribution in [0, 0.1) is 0 Å². The van der Waals surface area contributed by atoms with Gasteiger partial charge in [0.1, 0.15) is 12.4 Å². The molecule has 4 rings (SSSR count). The lowest BCUT2D eigenvalue weighted by Crippen LogP contribution is -2.34. The smallest absolute Gasteiger partial charge is 0.416 e. The molecule has 1 aliphatic heterocycles. The van der Waals surface area contributed by atoms with Crippen LogP contribution in [-0.4, -0.2) is 31.1 Å². The van der Waals surface area contributed by atoms with E-state index in [-0.39, 0.29) is 0 Å². The Hall–Kier alpha value is -2.83. The van der Waals surface area contributed by atoms with Gasteiger partial charge in [-0.15, -0.1) is 0 Å². The van der Waals surface area contributed by atoms with E-state index in [4.69, 9.17) is 4.74 Å². The largest absolute Gasteiger partial charge is 0.489 e. The first kappa shape index (κ1) is 22.4. The Kier molecular flexibility index (Phi) is 7.12. The second kappa shape index (κ2) is 10.2. The maximum atomic E-state index is 13.8. The van der Waals surface area contributed by atoms with Crippen LogP contribution in [0.4, 0.5) is 13.2 Å². The average Bonchev–Trinajstić information content (AvgIpc) is 3.09. The Morgan fingerprint density at radius 3 is 2.31 bits per heavy atom. The fourth-order valence-corrected chi connectivity index (χ4v) is 4.19. The third kappa shape index (κ3) is 5.50. The topological polar surface area (TPSA) is 24.5 Å². The number of hydrogen-bond donors (Lipinski definition) is 1. The van der Waals surface area contributed by atoms with E-state index in [1.54, 1.807) is 12.1 Å². The second-order valence-electron chi connectivity index (χ2n) is 7.97. The van der Waals surface area contributed by atoms with Gasteiger partial charge in [0.2, 0.25) is 0 Å². The molecule has 1 aliphatic rings. The average molecular weight is 441 g/mol. The Labute approximate surface area is 186 Å². The molecule has 32 heavy (non-hydrogen) atoms. The molecule has 6 heteroatoms. The molecule has 168 valence electrons. The monoisotopic (exact) mass is 440 g/mol. The molecule has 0 aromatic heterocycles. The molecule has 0 radical (unpaired) electrons. The molecule has 0 spiro atoms. The summed E-state index contributed by atoms with van der Waals surface area (Å²) in [6.07, 6.45) is -3.51. The molecule has 3 aromatic rings. The first-order valence-corrected chi connectivity index (χ1v) is 10.9. The molecule has 1 atom stereocenters. The zero-order chi connectivity index (χ0) is 22.4. The lowest BCUT2D eigenvalue weighted by molar-refractivity contribution is -0.138. The van der Waals surface area contributed by atoms with E-state index < -0.39 is 17.8 Å². The van der Waals surface area contributed by atoms with E-state index in [9.17, 15) is 13.2 Å². The van der Waals surface area contributed by atoms with E-state index in [0.717, 1.165) is 37.2 Å². The van der Waals surface area contributed by atoms with Crippen molar-refractivity contribution >= 4 is 0 Å². The first-order valence-electron chi connectivity index (χ1n) is 10.9. The van der Waals surface area contributed by atoms with Crippen LogP contribution in [0.2, 0.25) is 0 Å². The van der Waals surface area contributed by atoms with Gasteiger partial charge in [0.05, 0.1) is 11.6 Å². The highest BCUT2D eigenvalue weighted by Crippen LogP contribution is 2.39. The van der Waals surface area contributed by atoms with Gasteiger partial charge in [-0.2, -0.15) is 13.2 Å². The van der Waals surface area contributed by atoms with E-state index >= 15 is 0 Å².